The lowest BCUT2D eigenvalue weighted by atomic mass is 10.2. The average molecular weight is 197 g/mol. The van der Waals surface area contributed by atoms with Gasteiger partial charge in [0.15, 0.2) is 11.5 Å². The van der Waals surface area contributed by atoms with Crippen LogP contribution in [0.4, 0.5) is 8.78 Å². The van der Waals surface area contributed by atoms with Gasteiger partial charge >= 0.3 is 6.29 Å². The Kier molecular flexibility index (Phi) is 1.18. The summed E-state index contributed by atoms with van der Waals surface area (Å²) in [4.78, 5) is 2.90. The maximum absolute atomic E-state index is 12.6. The van der Waals surface area contributed by atoms with Crippen molar-refractivity contribution in [3.05, 3.63) is 24.4 Å². The highest BCUT2D eigenvalue weighted by Gasteiger charge is 2.43. The maximum Gasteiger partial charge on any atom is 0.586 e. The quantitative estimate of drug-likeness (QED) is 0.703. The van der Waals surface area contributed by atoms with Gasteiger partial charge in [-0.3, -0.25) is 0 Å². The molecule has 3 nitrogen and oxygen atoms in total. The van der Waals surface area contributed by atoms with Crippen molar-refractivity contribution >= 4 is 10.9 Å². The van der Waals surface area contributed by atoms with E-state index in [1.54, 1.807) is 12.3 Å². The van der Waals surface area contributed by atoms with Gasteiger partial charge in [0.2, 0.25) is 0 Å². The SMILES string of the molecule is FC1(F)Oc2cc3cc[nH]c3cc2O1. The molecule has 72 valence electrons. The Morgan fingerprint density at radius 3 is 2.64 bits per heavy atom. The van der Waals surface area contributed by atoms with E-state index < -0.39 is 6.29 Å². The van der Waals surface area contributed by atoms with E-state index in [0.29, 0.717) is 0 Å². The predicted molar refractivity (Wildman–Crippen MR) is 44.5 cm³/mol. The number of ether oxygens (including phenoxy) is 2. The molecule has 1 N–H and O–H groups in total. The number of fused-ring (bicyclic) bond motifs is 2. The zero-order chi connectivity index (χ0) is 9.76. The van der Waals surface area contributed by atoms with Gasteiger partial charge in [0, 0.05) is 23.2 Å². The van der Waals surface area contributed by atoms with E-state index in [-0.39, 0.29) is 11.5 Å². The second kappa shape index (κ2) is 2.17. The number of rotatable bonds is 0. The molecule has 0 unspecified atom stereocenters. The van der Waals surface area contributed by atoms with Crippen LogP contribution in [0.15, 0.2) is 24.4 Å². The second-order valence-corrected chi connectivity index (χ2v) is 3.03. The number of nitrogens with one attached hydrogen (secondary N) is 1. The van der Waals surface area contributed by atoms with Gasteiger partial charge in [-0.1, -0.05) is 0 Å². The summed E-state index contributed by atoms with van der Waals surface area (Å²) in [6, 6.07) is 4.78. The average Bonchev–Trinajstić information content (AvgIpc) is 2.59. The summed E-state index contributed by atoms with van der Waals surface area (Å²) >= 11 is 0. The van der Waals surface area contributed by atoms with E-state index in [2.05, 4.69) is 14.5 Å². The molecule has 1 aromatic heterocycles. The fraction of sp³-hybridized carbons (Fsp3) is 0.111. The molecule has 0 saturated heterocycles. The highest BCUT2D eigenvalue weighted by molar-refractivity contribution is 5.83. The highest BCUT2D eigenvalue weighted by atomic mass is 19.3. The molecule has 0 bridgehead atoms. The van der Waals surface area contributed by atoms with Crippen LogP contribution in [0, 0.1) is 0 Å². The molecule has 0 atom stereocenters. The lowest BCUT2D eigenvalue weighted by molar-refractivity contribution is -0.286. The number of alkyl halides is 2. The van der Waals surface area contributed by atoms with E-state index in [4.69, 9.17) is 0 Å². The smallest absolute Gasteiger partial charge is 0.395 e. The van der Waals surface area contributed by atoms with Gasteiger partial charge in [0.05, 0.1) is 0 Å². The summed E-state index contributed by atoms with van der Waals surface area (Å²) in [5.41, 5.74) is 0.741. The largest absolute Gasteiger partial charge is 0.586 e. The molecule has 1 aliphatic heterocycles. The molecule has 5 heteroatoms. The minimum absolute atomic E-state index is 0.0601. The van der Waals surface area contributed by atoms with Gasteiger partial charge in [0.1, 0.15) is 0 Å². The van der Waals surface area contributed by atoms with Crippen LogP contribution in [0.25, 0.3) is 10.9 Å². The summed E-state index contributed by atoms with van der Waals surface area (Å²) in [5, 5.41) is 0.810. The molecule has 2 heterocycles. The summed E-state index contributed by atoms with van der Waals surface area (Å²) in [7, 11) is 0. The highest BCUT2D eigenvalue weighted by Crippen LogP contribution is 2.42. The topological polar surface area (TPSA) is 34.2 Å². The third-order valence-electron chi connectivity index (χ3n) is 2.08. The van der Waals surface area contributed by atoms with Crippen molar-refractivity contribution in [2.45, 2.75) is 6.29 Å². The van der Waals surface area contributed by atoms with Crippen LogP contribution in [-0.4, -0.2) is 11.3 Å². The van der Waals surface area contributed by atoms with Crippen LogP contribution in [0.2, 0.25) is 0 Å². The Hall–Kier alpha value is -1.78. The number of H-pyrrole nitrogens is 1. The Bertz CT molecular complexity index is 464. The molecular formula is C9H5F2NO2. The Balaban J connectivity index is 2.22. The monoisotopic (exact) mass is 197 g/mol. The van der Waals surface area contributed by atoms with Crippen molar-refractivity contribution < 1.29 is 18.3 Å². The molecule has 1 aromatic carbocycles. The first-order valence-electron chi connectivity index (χ1n) is 4.01. The minimum atomic E-state index is -3.54. The molecule has 14 heavy (non-hydrogen) atoms. The summed E-state index contributed by atoms with van der Waals surface area (Å²) < 4.78 is 33.9. The molecule has 0 aliphatic carbocycles. The Morgan fingerprint density at radius 1 is 1.14 bits per heavy atom. The van der Waals surface area contributed by atoms with Crippen LogP contribution in [0.5, 0.6) is 11.5 Å². The van der Waals surface area contributed by atoms with Crippen LogP contribution in [0.1, 0.15) is 0 Å². The second-order valence-electron chi connectivity index (χ2n) is 3.03. The number of hydrogen-bond acceptors (Lipinski definition) is 2. The van der Waals surface area contributed by atoms with Crippen LogP contribution in [-0.2, 0) is 0 Å². The van der Waals surface area contributed by atoms with Gasteiger partial charge in [-0.05, 0) is 12.1 Å². The molecule has 1 aliphatic rings. The molecule has 0 spiro atoms. The van der Waals surface area contributed by atoms with Gasteiger partial charge in [-0.2, -0.15) is 0 Å². The van der Waals surface area contributed by atoms with Crippen molar-refractivity contribution in [1.29, 1.82) is 0 Å². The van der Waals surface area contributed by atoms with E-state index in [1.165, 1.54) is 12.1 Å². The molecule has 0 radical (unpaired) electrons. The Morgan fingerprint density at radius 2 is 1.86 bits per heavy atom. The van der Waals surface area contributed by atoms with E-state index in [9.17, 15) is 8.78 Å². The van der Waals surface area contributed by atoms with Crippen molar-refractivity contribution in [3.63, 3.8) is 0 Å². The number of aromatic amines is 1. The van der Waals surface area contributed by atoms with E-state index in [1.807, 2.05) is 0 Å². The zero-order valence-corrected chi connectivity index (χ0v) is 6.88. The van der Waals surface area contributed by atoms with Crippen molar-refractivity contribution in [1.82, 2.24) is 4.98 Å². The molecule has 3 rings (SSSR count). The van der Waals surface area contributed by atoms with Crippen LogP contribution >= 0.6 is 0 Å². The first kappa shape index (κ1) is 7.61. The summed E-state index contributed by atoms with van der Waals surface area (Å²) in [6.07, 6.45) is -1.82. The first-order valence-corrected chi connectivity index (χ1v) is 4.01. The van der Waals surface area contributed by atoms with Crippen molar-refractivity contribution in [3.8, 4) is 11.5 Å². The van der Waals surface area contributed by atoms with E-state index in [0.717, 1.165) is 10.9 Å². The first-order chi connectivity index (χ1) is 6.64. The predicted octanol–water partition coefficient (Wildman–Crippen LogP) is 2.49. The van der Waals surface area contributed by atoms with Gasteiger partial charge < -0.3 is 14.5 Å². The third kappa shape index (κ3) is 0.951. The third-order valence-corrected chi connectivity index (χ3v) is 2.08. The molecule has 0 fully saturated rings. The van der Waals surface area contributed by atoms with Crippen LogP contribution in [0.3, 0.4) is 0 Å². The standard InChI is InChI=1S/C9H5F2NO2/c10-9(11)13-7-3-5-1-2-12-6(5)4-8(7)14-9/h1-4,12H. The van der Waals surface area contributed by atoms with Crippen molar-refractivity contribution in [2.24, 2.45) is 0 Å². The van der Waals surface area contributed by atoms with Crippen LogP contribution < -0.4 is 9.47 Å². The van der Waals surface area contributed by atoms with Gasteiger partial charge in [0.25, 0.3) is 0 Å². The summed E-state index contributed by atoms with van der Waals surface area (Å²) in [5.74, 6) is 0.132. The molecule has 0 amide bonds. The molecule has 2 aromatic rings. The fourth-order valence-corrected chi connectivity index (χ4v) is 1.50. The fourth-order valence-electron chi connectivity index (χ4n) is 1.50. The lowest BCUT2D eigenvalue weighted by Crippen LogP contribution is -2.25. The normalized spacial score (nSPS) is 17.6. The zero-order valence-electron chi connectivity index (χ0n) is 6.88. The van der Waals surface area contributed by atoms with E-state index >= 15 is 0 Å². The lowest BCUT2D eigenvalue weighted by Gasteiger charge is -2.04. The maximum atomic E-state index is 12.6. The number of benzene rings is 1. The Labute approximate surface area is 77.2 Å². The van der Waals surface area contributed by atoms with Gasteiger partial charge in [-0.25, -0.2) is 0 Å². The molecule has 0 saturated carbocycles. The number of hydrogen-bond donors (Lipinski definition) is 1. The number of halogens is 2. The minimum Gasteiger partial charge on any atom is -0.395 e. The van der Waals surface area contributed by atoms with Crippen molar-refractivity contribution in [2.75, 3.05) is 0 Å². The summed E-state index contributed by atoms with van der Waals surface area (Å²) in [6.45, 7) is 0. The number of aromatic nitrogens is 1. The molecular weight excluding hydrogens is 192 g/mol. The van der Waals surface area contributed by atoms with Gasteiger partial charge in [-0.15, -0.1) is 8.78 Å².